The molecule has 16 atom stereocenters. The highest BCUT2D eigenvalue weighted by Gasteiger charge is 2.79. The lowest BCUT2D eigenvalue weighted by Gasteiger charge is -2.62. The average molecular weight is 2050 g/mol. The molecular formula is C112H137N13O24. The zero-order valence-corrected chi connectivity index (χ0v) is 86.2. The number of rotatable bonds is 25. The van der Waals surface area contributed by atoms with Gasteiger partial charge in [0.05, 0.1) is 85.1 Å². The molecule has 37 heteroatoms. The molecule has 4 spiro atoms. The molecule has 20 aliphatic rings. The van der Waals surface area contributed by atoms with E-state index in [1.807, 2.05) is 82.4 Å². The van der Waals surface area contributed by atoms with Crippen LogP contribution in [0.15, 0.2) is 133 Å². The Morgan fingerprint density at radius 3 is 0.987 bits per heavy atom. The summed E-state index contributed by atoms with van der Waals surface area (Å²) in [5.74, 6) is 2.50. The van der Waals surface area contributed by atoms with E-state index in [4.69, 9.17) is 37.5 Å². The number of aromatic nitrogens is 4. The smallest absolute Gasteiger partial charge is 0.252 e. The monoisotopic (exact) mass is 2050 g/mol. The van der Waals surface area contributed by atoms with Crippen LogP contribution in [0.4, 0.5) is 0 Å². The number of ether oxygens (including phenoxy) is 6. The maximum atomic E-state index is 14.0. The number of aromatic hydroxyl groups is 4. The quantitative estimate of drug-likeness (QED) is 0.0254. The van der Waals surface area contributed by atoms with Gasteiger partial charge in [-0.05, 0) is 262 Å². The number of likely N-dealkylation sites (tertiary alicyclic amines) is 4. The van der Waals surface area contributed by atoms with E-state index >= 15 is 0 Å². The van der Waals surface area contributed by atoms with Gasteiger partial charge in [-0.3, -0.25) is 38.8 Å². The number of hydrogen-bond acceptors (Lipinski definition) is 33. The van der Waals surface area contributed by atoms with Crippen molar-refractivity contribution < 1.29 is 118 Å². The molecule has 12 aliphatic carbocycles. The van der Waals surface area contributed by atoms with Crippen LogP contribution in [-0.4, -0.2) is 300 Å². The number of carbonyl (C=O) groups excluding carboxylic acids is 4. The van der Waals surface area contributed by atoms with E-state index in [-0.39, 0.29) is 149 Å². The van der Waals surface area contributed by atoms with Crippen molar-refractivity contribution in [3.63, 3.8) is 0 Å². The number of hydrogen-bond donors (Lipinski definition) is 17. The number of phenols is 4. The molecule has 4 amide bonds. The lowest BCUT2D eigenvalue weighted by atomic mass is 9.49. The molecule has 27 rings (SSSR count). The molecule has 794 valence electrons. The molecule has 2 aromatic heterocycles. The van der Waals surface area contributed by atoms with Gasteiger partial charge in [-0.15, -0.1) is 0 Å². The molecule has 10 heterocycles. The summed E-state index contributed by atoms with van der Waals surface area (Å²) in [5, 5.41) is 163. The van der Waals surface area contributed by atoms with E-state index in [0.717, 1.165) is 102 Å². The molecule has 149 heavy (non-hydrogen) atoms. The number of benzene rings is 5. The van der Waals surface area contributed by atoms with Crippen molar-refractivity contribution >= 4 is 23.6 Å². The van der Waals surface area contributed by atoms with Gasteiger partial charge in [0, 0.05) is 130 Å². The largest absolute Gasteiger partial charge is 0.508 e. The predicted octanol–water partition coefficient (Wildman–Crippen LogP) is 8.64. The summed E-state index contributed by atoms with van der Waals surface area (Å²) in [6.07, 6.45) is 10.5. The van der Waals surface area contributed by atoms with Crippen LogP contribution in [0, 0.1) is 30.6 Å². The highest BCUT2D eigenvalue weighted by Crippen LogP contribution is 2.72. The van der Waals surface area contributed by atoms with Crippen molar-refractivity contribution in [1.29, 1.82) is 0 Å². The first kappa shape index (κ1) is 99.3. The van der Waals surface area contributed by atoms with Crippen molar-refractivity contribution in [2.75, 3.05) is 93.4 Å². The number of aryl methyl sites for hydroxylation is 1. The number of aliphatic hydroxyl groups is 8. The highest BCUT2D eigenvalue weighted by atomic mass is 16.5. The van der Waals surface area contributed by atoms with E-state index in [2.05, 4.69) is 66.5 Å². The molecule has 4 saturated heterocycles. The Hall–Kier alpha value is -11.6. The van der Waals surface area contributed by atoms with Gasteiger partial charge in [0.2, 0.25) is 5.82 Å². The third-order valence-corrected chi connectivity index (χ3v) is 37.5. The first-order valence-corrected chi connectivity index (χ1v) is 53.2. The maximum absolute atomic E-state index is 14.0. The van der Waals surface area contributed by atoms with Crippen molar-refractivity contribution in [2.45, 2.75) is 299 Å². The van der Waals surface area contributed by atoms with Crippen LogP contribution < -0.4 is 45.5 Å². The normalized spacial score (nSPS) is 32.0. The molecule has 17 N–H and O–H groups in total. The van der Waals surface area contributed by atoms with Crippen LogP contribution in [0.1, 0.15) is 213 Å². The summed E-state index contributed by atoms with van der Waals surface area (Å²) in [5.41, 5.74) is -3.94. The van der Waals surface area contributed by atoms with Gasteiger partial charge < -0.3 is 125 Å². The number of nitrogens with zero attached hydrogens (tertiary/aromatic N) is 8. The number of likely N-dealkylation sites (N-methyl/N-ethyl adjacent to an activating group) is 1. The summed E-state index contributed by atoms with van der Waals surface area (Å²) >= 11 is 0. The first-order valence-electron chi connectivity index (χ1n) is 53.2. The Morgan fingerprint density at radius 1 is 0.403 bits per heavy atom. The Balaban J connectivity index is 0.000000106. The molecule has 5 aromatic carbocycles. The minimum Gasteiger partial charge on any atom is -0.508 e. The Bertz CT molecular complexity index is 6810. The van der Waals surface area contributed by atoms with Crippen LogP contribution in [0.3, 0.4) is 0 Å². The maximum Gasteiger partial charge on any atom is 0.252 e. The average Bonchev–Trinajstić information content (AvgIpc) is 1.51. The molecule has 37 nitrogen and oxygen atoms in total. The van der Waals surface area contributed by atoms with Crippen LogP contribution in [0.25, 0.3) is 11.4 Å². The van der Waals surface area contributed by atoms with E-state index in [9.17, 15) is 80.5 Å². The minimum absolute atomic E-state index is 0.000933. The van der Waals surface area contributed by atoms with Gasteiger partial charge in [0.15, 0.2) is 76.2 Å². The number of nitrogens with one attached hydrogen (secondary N) is 5. The Morgan fingerprint density at radius 2 is 0.698 bits per heavy atom. The summed E-state index contributed by atoms with van der Waals surface area (Å²) in [6, 6.07) is 22.7. The fourth-order valence-electron chi connectivity index (χ4n) is 30.0. The first-order chi connectivity index (χ1) is 70.9. The fraction of sp³-hybridized carbons (Fsp3) is 0.589. The van der Waals surface area contributed by atoms with Crippen molar-refractivity contribution in [2.24, 2.45) is 23.7 Å². The van der Waals surface area contributed by atoms with E-state index in [1.165, 1.54) is 51.4 Å². The molecule has 0 radical (unpaired) electrons. The highest BCUT2D eigenvalue weighted by molar-refractivity contribution is 5.98. The number of carbonyl (C=O) groups is 4. The van der Waals surface area contributed by atoms with E-state index in [0.29, 0.717) is 116 Å². The summed E-state index contributed by atoms with van der Waals surface area (Å²) in [4.78, 5) is 73.0. The standard InChI is InChI=1S/C32H34N4O6.C27H32N4O6.C27H36N2O7.C26H35N3O5/c1-30(2,29-33-27(35-42-29)18-6-4-3-5-7-18)34-28(39)20-15-32(40)22-14-19-10-11-21(37)25-23(19)31(32,26(41-25)24(20)38)12-13-36(22)16-17-8-9-17;1-13-28-24(37-30-13)25(2,3)29-23(34)16-11-27(35)18-10-15-6-7-17(32)21-19(15)26(27,22(36-21)20(16)33)8-9-31(18)12-14-4-5-14;1-25(13-34-2,14-35-3)28-24(32)17-11-27(33)19-10-16-6-7-18(30)22-20(16)26(27,23(36-22)21(17)31)8-9-29(19)12-15-4-5-15;1-24(2,13-27-3)28-23(32)16-11-26(33)18-10-15-6-7-17(30)21-19(15)25(26,22(34-21)20(16)31)8-9-29(18)12-14-4-5-14/h3-7,10-11,17,22,26,37-38,40H,8-9,12-16H2,1-2H3,(H,34,39);6-7,14,18,22,32-33,35H,4-5,8-12H2,1-3H3,(H,29,34);6-7,15,19,23,30-31,33H,4-5,8-14H2,1-3H3,(H,28,32);6-7,14,18,22,27,30-31,33H,4-5,8-13H2,1-3H3,(H,28,32)/t22-,26+,31+,32-;18-,22+,26+,27-;19-,23+,26+,27-;18-,22+,25+,26-/m1111/s1. The minimum atomic E-state index is -1.38. The van der Waals surface area contributed by atoms with Gasteiger partial charge in [-0.2, -0.15) is 9.97 Å². The Labute approximate surface area is 862 Å². The second-order valence-electron chi connectivity index (χ2n) is 48.5. The molecule has 4 saturated carbocycles. The van der Waals surface area contributed by atoms with E-state index in [1.54, 1.807) is 73.1 Å². The SMILES string of the molecule is CC(C)(NC(=O)C1=C(O)[C@@H]2Oc3c(O)ccc4c3[C@@]23CCN(CC2CC2)[C@H](C4)[C@]3(O)C1)c1nc(-c2ccccc2)no1.CNCC(C)(C)NC(=O)C1=C(O)[C@@H]2Oc3c(O)ccc4c3[C@@]23CCN(CC2CC2)[C@H](C4)[C@]3(O)C1.COCC(C)(COC)NC(=O)C1=C(O)[C@@H]2Oc3c(O)ccc4c3[C@@]23CCN(CC2CC2)[C@H](C4)[C@]3(O)C1.Cc1noc(C(C)(C)NC(=O)C2=C(O)[C@@H]3Oc4c(O)ccc5c4[C@@]34CCN(CC3CC3)[C@H](C5)[C@]4(O)C2)n1. The van der Waals surface area contributed by atoms with E-state index < -0.39 is 108 Å². The third-order valence-electron chi connectivity index (χ3n) is 37.5. The molecule has 7 aromatic rings. The molecule has 8 fully saturated rings. The van der Waals surface area contributed by atoms with Gasteiger partial charge >= 0.3 is 0 Å². The number of aliphatic hydroxyl groups excluding tert-OH is 4. The summed E-state index contributed by atoms with van der Waals surface area (Å²) < 4.78 is 46.5. The Kier molecular flexibility index (Phi) is 23.1. The number of phenolic OH excluding ortho intramolecular Hbond substituents is 4. The van der Waals surface area contributed by atoms with Crippen LogP contribution in [0.5, 0.6) is 46.0 Å². The number of amides is 4. The molecule has 8 bridgehead atoms. The molecular weight excluding hydrogens is 1910 g/mol. The summed E-state index contributed by atoms with van der Waals surface area (Å²) in [7, 11) is 4.92. The van der Waals surface area contributed by atoms with Gasteiger partial charge in [0.25, 0.3) is 35.4 Å². The topological polar surface area (TPSA) is 517 Å². The predicted molar refractivity (Wildman–Crippen MR) is 537 cm³/mol. The van der Waals surface area contributed by atoms with Gasteiger partial charge in [-0.1, -0.05) is 64.9 Å². The van der Waals surface area contributed by atoms with Crippen LogP contribution >= 0.6 is 0 Å². The molecule has 8 aliphatic heterocycles. The zero-order chi connectivity index (χ0) is 104. The second-order valence-corrected chi connectivity index (χ2v) is 48.5. The lowest BCUT2D eigenvalue weighted by molar-refractivity contribution is -0.172. The molecule has 0 unspecified atom stereocenters. The van der Waals surface area contributed by atoms with Crippen LogP contribution in [-0.2, 0) is 87.1 Å². The van der Waals surface area contributed by atoms with Crippen LogP contribution in [0.2, 0.25) is 0 Å². The number of piperidine rings is 4. The van der Waals surface area contributed by atoms with Gasteiger partial charge in [0.1, 0.15) is 34.1 Å². The van der Waals surface area contributed by atoms with Crippen molar-refractivity contribution in [1.82, 2.24) is 66.5 Å². The second kappa shape index (κ2) is 34.7. The van der Waals surface area contributed by atoms with Crippen molar-refractivity contribution in [3.05, 3.63) is 186 Å². The van der Waals surface area contributed by atoms with Gasteiger partial charge in [-0.25, -0.2) is 0 Å². The third kappa shape index (κ3) is 14.9. The fourth-order valence-corrected chi connectivity index (χ4v) is 30.0. The van der Waals surface area contributed by atoms with Crippen molar-refractivity contribution in [3.8, 4) is 57.4 Å². The number of methoxy groups -OCH3 is 2. The zero-order valence-electron chi connectivity index (χ0n) is 86.2. The summed E-state index contributed by atoms with van der Waals surface area (Å²) in [6.45, 7) is 22.1. The lowest BCUT2D eigenvalue weighted by Crippen LogP contribution is -2.76.